The average Bonchev–Trinajstić information content (AvgIpc) is 2.34. The van der Waals surface area contributed by atoms with E-state index in [-0.39, 0.29) is 0 Å². The molecule has 4 heteroatoms. The molecule has 0 unspecified atom stereocenters. The summed E-state index contributed by atoms with van der Waals surface area (Å²) in [5, 5.41) is 12.7. The molecule has 0 bridgehead atoms. The maximum absolute atomic E-state index is 8.99. The summed E-state index contributed by atoms with van der Waals surface area (Å²) in [5.41, 5.74) is 2.10. The van der Waals surface area contributed by atoms with Crippen molar-refractivity contribution in [1.82, 2.24) is 0 Å². The molecule has 0 saturated carbocycles. The molecule has 0 spiro atoms. The minimum Gasteiger partial charge on any atom is -0.353 e. The summed E-state index contributed by atoms with van der Waals surface area (Å²) in [6.07, 6.45) is 0. The Morgan fingerprint density at radius 1 is 1.12 bits per heavy atom. The molecule has 0 aliphatic carbocycles. The Labute approximate surface area is 113 Å². The highest BCUT2D eigenvalue weighted by molar-refractivity contribution is 9.10. The van der Waals surface area contributed by atoms with Gasteiger partial charge in [0.2, 0.25) is 0 Å². The van der Waals surface area contributed by atoms with Gasteiger partial charge in [0, 0.05) is 4.47 Å². The Hall–Kier alpha value is -1.50. The van der Waals surface area contributed by atoms with Gasteiger partial charge >= 0.3 is 0 Å². The van der Waals surface area contributed by atoms with E-state index < -0.39 is 0 Å². The second kappa shape index (κ2) is 5.22. The van der Waals surface area contributed by atoms with Gasteiger partial charge < -0.3 is 5.32 Å². The number of halogens is 2. The van der Waals surface area contributed by atoms with E-state index in [0.29, 0.717) is 10.6 Å². The number of benzene rings is 2. The van der Waals surface area contributed by atoms with Gasteiger partial charge in [-0.2, -0.15) is 5.26 Å². The number of nitrogens with one attached hydrogen (secondary N) is 1. The molecule has 84 valence electrons. The van der Waals surface area contributed by atoms with Gasteiger partial charge in [-0.1, -0.05) is 39.7 Å². The second-order valence-corrected chi connectivity index (χ2v) is 4.73. The summed E-state index contributed by atoms with van der Waals surface area (Å²) in [4.78, 5) is 0. The number of nitrogens with zero attached hydrogens (tertiary/aromatic N) is 1. The van der Waals surface area contributed by atoms with Gasteiger partial charge in [0.15, 0.2) is 0 Å². The lowest BCUT2D eigenvalue weighted by atomic mass is 10.2. The molecule has 2 aromatic carbocycles. The van der Waals surface area contributed by atoms with Gasteiger partial charge in [-0.25, -0.2) is 0 Å². The third kappa shape index (κ3) is 2.79. The van der Waals surface area contributed by atoms with Gasteiger partial charge in [0.1, 0.15) is 6.07 Å². The number of para-hydroxylation sites is 1. The van der Waals surface area contributed by atoms with Crippen molar-refractivity contribution in [1.29, 1.82) is 5.26 Å². The van der Waals surface area contributed by atoms with Crippen molar-refractivity contribution >= 4 is 38.9 Å². The Kier molecular flexibility index (Phi) is 3.68. The molecule has 1 N–H and O–H groups in total. The molecule has 2 rings (SSSR count). The number of rotatable bonds is 2. The summed E-state index contributed by atoms with van der Waals surface area (Å²) >= 11 is 9.46. The van der Waals surface area contributed by atoms with Crippen molar-refractivity contribution in [2.45, 2.75) is 0 Å². The number of hydrogen-bond acceptors (Lipinski definition) is 2. The topological polar surface area (TPSA) is 35.8 Å². The number of anilines is 2. The molecule has 2 aromatic rings. The predicted molar refractivity (Wildman–Crippen MR) is 73.6 cm³/mol. The highest BCUT2D eigenvalue weighted by Gasteiger charge is 2.04. The minimum atomic E-state index is 0.587. The third-order valence-corrected chi connectivity index (χ3v) is 3.07. The summed E-state index contributed by atoms with van der Waals surface area (Å²) in [5.74, 6) is 0. The van der Waals surface area contributed by atoms with Crippen LogP contribution in [0, 0.1) is 11.3 Å². The molecule has 2 nitrogen and oxygen atoms in total. The van der Waals surface area contributed by atoms with Crippen LogP contribution in [0.3, 0.4) is 0 Å². The Morgan fingerprint density at radius 3 is 2.65 bits per heavy atom. The van der Waals surface area contributed by atoms with E-state index in [2.05, 4.69) is 27.3 Å². The zero-order valence-electron chi connectivity index (χ0n) is 8.74. The van der Waals surface area contributed by atoms with Crippen LogP contribution in [0.25, 0.3) is 0 Å². The van der Waals surface area contributed by atoms with E-state index in [1.165, 1.54) is 0 Å². The van der Waals surface area contributed by atoms with Crippen LogP contribution in [0.5, 0.6) is 0 Å². The first kappa shape index (κ1) is 12.0. The molecule has 0 aromatic heterocycles. The first-order chi connectivity index (χ1) is 8.20. The summed E-state index contributed by atoms with van der Waals surface area (Å²) in [6, 6.07) is 15.0. The van der Waals surface area contributed by atoms with E-state index in [1.54, 1.807) is 12.1 Å². The van der Waals surface area contributed by atoms with Crippen molar-refractivity contribution in [3.05, 3.63) is 57.5 Å². The third-order valence-electron chi connectivity index (χ3n) is 2.25. The number of nitriles is 1. The summed E-state index contributed by atoms with van der Waals surface area (Å²) < 4.78 is 0.929. The normalized spacial score (nSPS) is 9.71. The van der Waals surface area contributed by atoms with E-state index in [4.69, 9.17) is 16.9 Å². The fraction of sp³-hybridized carbons (Fsp3) is 0. The summed E-state index contributed by atoms with van der Waals surface area (Å²) in [7, 11) is 0. The van der Waals surface area contributed by atoms with Gasteiger partial charge in [-0.15, -0.1) is 0 Å². The number of hydrogen-bond donors (Lipinski definition) is 1. The molecule has 0 aliphatic rings. The molecule has 0 heterocycles. The smallest absolute Gasteiger partial charge is 0.101 e. The van der Waals surface area contributed by atoms with Gasteiger partial charge in [-0.05, 0) is 30.3 Å². The lowest BCUT2D eigenvalue weighted by Gasteiger charge is -2.10. The molecule has 0 radical (unpaired) electrons. The SMILES string of the molecule is N#Cc1ccccc1Nc1cc(Br)ccc1Cl. The fourth-order valence-corrected chi connectivity index (χ4v) is 1.95. The summed E-state index contributed by atoms with van der Waals surface area (Å²) in [6.45, 7) is 0. The predicted octanol–water partition coefficient (Wildman–Crippen LogP) is 4.72. The molecule has 17 heavy (non-hydrogen) atoms. The fourth-order valence-electron chi connectivity index (χ4n) is 1.43. The van der Waals surface area contributed by atoms with Crippen molar-refractivity contribution in [2.75, 3.05) is 5.32 Å². The van der Waals surface area contributed by atoms with Crippen LogP contribution in [0.15, 0.2) is 46.9 Å². The van der Waals surface area contributed by atoms with Crippen LogP contribution in [-0.2, 0) is 0 Å². The van der Waals surface area contributed by atoms with Crippen LogP contribution in [0.2, 0.25) is 5.02 Å². The monoisotopic (exact) mass is 306 g/mol. The molecular weight excluding hydrogens is 300 g/mol. The highest BCUT2D eigenvalue weighted by atomic mass is 79.9. The molecule has 0 fully saturated rings. The van der Waals surface area contributed by atoms with Crippen LogP contribution >= 0.6 is 27.5 Å². The standard InChI is InChI=1S/C13H8BrClN2/c14-10-5-6-11(15)13(7-10)17-12-4-2-1-3-9(12)8-16/h1-7,17H. The maximum Gasteiger partial charge on any atom is 0.101 e. The van der Waals surface area contributed by atoms with Gasteiger partial charge in [0.05, 0.1) is 22.0 Å². The van der Waals surface area contributed by atoms with E-state index >= 15 is 0 Å². The first-order valence-electron chi connectivity index (χ1n) is 4.92. The molecular formula is C13H8BrClN2. The maximum atomic E-state index is 8.99. The second-order valence-electron chi connectivity index (χ2n) is 3.41. The quantitative estimate of drug-likeness (QED) is 0.871. The molecule has 0 amide bonds. The van der Waals surface area contributed by atoms with Crippen molar-refractivity contribution in [3.8, 4) is 6.07 Å². The Morgan fingerprint density at radius 2 is 1.88 bits per heavy atom. The van der Waals surface area contributed by atoms with Crippen LogP contribution < -0.4 is 5.32 Å². The Bertz CT molecular complexity index is 590. The van der Waals surface area contributed by atoms with E-state index in [9.17, 15) is 0 Å². The Balaban J connectivity index is 2.38. The van der Waals surface area contributed by atoms with Crippen molar-refractivity contribution < 1.29 is 0 Å². The zero-order valence-corrected chi connectivity index (χ0v) is 11.1. The minimum absolute atomic E-state index is 0.587. The van der Waals surface area contributed by atoms with Crippen LogP contribution in [0.1, 0.15) is 5.56 Å². The van der Waals surface area contributed by atoms with Gasteiger partial charge in [-0.3, -0.25) is 0 Å². The first-order valence-corrected chi connectivity index (χ1v) is 6.09. The molecule has 0 saturated heterocycles. The molecule has 0 aliphatic heterocycles. The highest BCUT2D eigenvalue weighted by Crippen LogP contribution is 2.29. The van der Waals surface area contributed by atoms with E-state index in [1.807, 2.05) is 30.3 Å². The lowest BCUT2D eigenvalue weighted by Crippen LogP contribution is -1.94. The van der Waals surface area contributed by atoms with Crippen LogP contribution in [-0.4, -0.2) is 0 Å². The van der Waals surface area contributed by atoms with E-state index in [0.717, 1.165) is 15.8 Å². The van der Waals surface area contributed by atoms with Crippen molar-refractivity contribution in [3.63, 3.8) is 0 Å². The van der Waals surface area contributed by atoms with Gasteiger partial charge in [0.25, 0.3) is 0 Å². The largest absolute Gasteiger partial charge is 0.353 e. The zero-order chi connectivity index (χ0) is 12.3. The average molecular weight is 308 g/mol. The molecule has 0 atom stereocenters. The van der Waals surface area contributed by atoms with Crippen molar-refractivity contribution in [2.24, 2.45) is 0 Å². The van der Waals surface area contributed by atoms with Crippen LogP contribution in [0.4, 0.5) is 11.4 Å². The lowest BCUT2D eigenvalue weighted by molar-refractivity contribution is 1.46.